The number of hydrogen-bond donors (Lipinski definition) is 0. The van der Waals surface area contributed by atoms with E-state index in [1.54, 1.807) is 13.4 Å². The fourth-order valence-electron chi connectivity index (χ4n) is 1.24. The van der Waals surface area contributed by atoms with Crippen LogP contribution in [-0.4, -0.2) is 7.11 Å². The van der Waals surface area contributed by atoms with Gasteiger partial charge in [-0.3, -0.25) is 0 Å². The van der Waals surface area contributed by atoms with Crippen LogP contribution in [0.4, 0.5) is 0 Å². The van der Waals surface area contributed by atoms with E-state index in [1.807, 2.05) is 36.4 Å². The Hall–Kier alpha value is -0.950. The summed E-state index contributed by atoms with van der Waals surface area (Å²) in [5.74, 6) is 0.263. The molecule has 0 aromatic heterocycles. The van der Waals surface area contributed by atoms with E-state index in [0.29, 0.717) is 0 Å². The molecular formula is C12H15ClO. The van der Waals surface area contributed by atoms with Crippen LogP contribution in [0, 0.1) is 5.92 Å². The Balaban J connectivity index is 2.65. The third kappa shape index (κ3) is 3.08. The number of rotatable bonds is 4. The fourth-order valence-corrected chi connectivity index (χ4v) is 1.47. The molecule has 1 rings (SSSR count). The minimum atomic E-state index is 0.00241. The predicted octanol–water partition coefficient (Wildman–Crippen LogP) is 3.76. The van der Waals surface area contributed by atoms with Gasteiger partial charge in [0, 0.05) is 0 Å². The highest BCUT2D eigenvalue weighted by Gasteiger charge is 2.13. The summed E-state index contributed by atoms with van der Waals surface area (Å²) in [6, 6.07) is 10.1. The lowest BCUT2D eigenvalue weighted by molar-refractivity contribution is 0.334. The lowest BCUT2D eigenvalue weighted by Crippen LogP contribution is -2.00. The molecule has 2 atom stereocenters. The fraction of sp³-hybridized carbons (Fsp3) is 0.333. The van der Waals surface area contributed by atoms with Crippen molar-refractivity contribution >= 4 is 11.6 Å². The van der Waals surface area contributed by atoms with E-state index in [9.17, 15) is 0 Å². The summed E-state index contributed by atoms with van der Waals surface area (Å²) in [4.78, 5) is 0. The predicted molar refractivity (Wildman–Crippen MR) is 60.3 cm³/mol. The van der Waals surface area contributed by atoms with E-state index in [4.69, 9.17) is 16.3 Å². The van der Waals surface area contributed by atoms with E-state index < -0.39 is 0 Å². The number of hydrogen-bond acceptors (Lipinski definition) is 1. The first-order valence-electron chi connectivity index (χ1n) is 4.64. The molecule has 0 fully saturated rings. The van der Waals surface area contributed by atoms with Crippen molar-refractivity contribution in [2.75, 3.05) is 7.11 Å². The molecule has 14 heavy (non-hydrogen) atoms. The van der Waals surface area contributed by atoms with Crippen molar-refractivity contribution in [3.05, 3.63) is 48.2 Å². The standard InChI is InChI=1S/C12H15ClO/c1-10(8-9-14-2)12(13)11-6-4-3-5-7-11/h3-10,12H,1-2H3/b9-8+/t10?,12-/m1/s1. The van der Waals surface area contributed by atoms with Crippen LogP contribution in [0.5, 0.6) is 0 Å². The summed E-state index contributed by atoms with van der Waals surface area (Å²) in [6.45, 7) is 2.07. The number of methoxy groups -OCH3 is 1. The third-order valence-electron chi connectivity index (χ3n) is 2.10. The molecule has 0 bridgehead atoms. The monoisotopic (exact) mass is 210 g/mol. The molecule has 0 heterocycles. The van der Waals surface area contributed by atoms with Gasteiger partial charge in [0.1, 0.15) is 0 Å². The molecular weight excluding hydrogens is 196 g/mol. The van der Waals surface area contributed by atoms with Crippen molar-refractivity contribution in [3.63, 3.8) is 0 Å². The van der Waals surface area contributed by atoms with Gasteiger partial charge in [-0.05, 0) is 17.6 Å². The number of alkyl halides is 1. The second-order valence-electron chi connectivity index (χ2n) is 3.24. The molecule has 0 amide bonds. The molecule has 0 aliphatic heterocycles. The van der Waals surface area contributed by atoms with Gasteiger partial charge in [0.15, 0.2) is 0 Å². The van der Waals surface area contributed by atoms with E-state index >= 15 is 0 Å². The van der Waals surface area contributed by atoms with Crippen molar-refractivity contribution in [3.8, 4) is 0 Å². The lowest BCUT2D eigenvalue weighted by Gasteiger charge is -2.14. The molecule has 1 aromatic rings. The topological polar surface area (TPSA) is 9.23 Å². The largest absolute Gasteiger partial charge is 0.505 e. The van der Waals surface area contributed by atoms with Crippen LogP contribution >= 0.6 is 11.6 Å². The summed E-state index contributed by atoms with van der Waals surface area (Å²) in [5.41, 5.74) is 1.14. The molecule has 0 saturated heterocycles. The normalized spacial score (nSPS) is 15.4. The van der Waals surface area contributed by atoms with E-state index in [0.717, 1.165) is 5.56 Å². The Morgan fingerprint density at radius 1 is 1.29 bits per heavy atom. The molecule has 0 aliphatic rings. The first kappa shape index (κ1) is 11.1. The van der Waals surface area contributed by atoms with Crippen LogP contribution in [0.3, 0.4) is 0 Å². The van der Waals surface area contributed by atoms with Gasteiger partial charge in [0.2, 0.25) is 0 Å². The maximum absolute atomic E-state index is 6.29. The molecule has 0 spiro atoms. The molecule has 0 saturated carbocycles. The highest BCUT2D eigenvalue weighted by atomic mass is 35.5. The zero-order chi connectivity index (χ0) is 10.4. The highest BCUT2D eigenvalue weighted by Crippen LogP contribution is 2.29. The van der Waals surface area contributed by atoms with Gasteiger partial charge in [0.05, 0.1) is 18.7 Å². The minimum Gasteiger partial charge on any atom is -0.505 e. The average Bonchev–Trinajstić information content (AvgIpc) is 2.26. The summed E-state index contributed by atoms with van der Waals surface area (Å²) >= 11 is 6.29. The summed E-state index contributed by atoms with van der Waals surface area (Å²) in [7, 11) is 1.63. The van der Waals surface area contributed by atoms with E-state index in [1.165, 1.54) is 0 Å². The van der Waals surface area contributed by atoms with Gasteiger partial charge in [0.25, 0.3) is 0 Å². The van der Waals surface area contributed by atoms with Crippen LogP contribution in [0.25, 0.3) is 0 Å². The second kappa shape index (κ2) is 5.71. The Morgan fingerprint density at radius 3 is 2.50 bits per heavy atom. The van der Waals surface area contributed by atoms with Gasteiger partial charge in [-0.25, -0.2) is 0 Å². The quantitative estimate of drug-likeness (QED) is 0.543. The number of ether oxygens (including phenoxy) is 1. The molecule has 1 unspecified atom stereocenters. The Kier molecular flexibility index (Phi) is 4.54. The molecule has 0 radical (unpaired) electrons. The van der Waals surface area contributed by atoms with Gasteiger partial charge < -0.3 is 4.74 Å². The first-order valence-corrected chi connectivity index (χ1v) is 5.08. The molecule has 76 valence electrons. The summed E-state index contributed by atoms with van der Waals surface area (Å²) in [6.07, 6.45) is 3.63. The minimum absolute atomic E-state index is 0.00241. The number of halogens is 1. The Labute approximate surface area is 90.3 Å². The maximum Gasteiger partial charge on any atom is 0.0788 e. The van der Waals surface area contributed by atoms with Crippen LogP contribution in [0.1, 0.15) is 17.9 Å². The van der Waals surface area contributed by atoms with Crippen molar-refractivity contribution in [1.29, 1.82) is 0 Å². The summed E-state index contributed by atoms with van der Waals surface area (Å²) in [5, 5.41) is 0.00241. The van der Waals surface area contributed by atoms with Gasteiger partial charge in [-0.2, -0.15) is 0 Å². The van der Waals surface area contributed by atoms with Crippen molar-refractivity contribution in [2.45, 2.75) is 12.3 Å². The zero-order valence-electron chi connectivity index (χ0n) is 8.48. The second-order valence-corrected chi connectivity index (χ2v) is 3.71. The van der Waals surface area contributed by atoms with Gasteiger partial charge in [-0.15, -0.1) is 11.6 Å². The lowest BCUT2D eigenvalue weighted by atomic mass is 10.0. The smallest absolute Gasteiger partial charge is 0.0788 e. The van der Waals surface area contributed by atoms with Gasteiger partial charge in [-0.1, -0.05) is 37.3 Å². The number of allylic oxidation sites excluding steroid dienone is 1. The van der Waals surface area contributed by atoms with Crippen LogP contribution < -0.4 is 0 Å². The highest BCUT2D eigenvalue weighted by molar-refractivity contribution is 6.21. The van der Waals surface area contributed by atoms with Crippen molar-refractivity contribution in [1.82, 2.24) is 0 Å². The Morgan fingerprint density at radius 2 is 1.93 bits per heavy atom. The van der Waals surface area contributed by atoms with Crippen LogP contribution in [-0.2, 0) is 4.74 Å². The molecule has 1 aromatic carbocycles. The maximum atomic E-state index is 6.29. The molecule has 0 aliphatic carbocycles. The van der Waals surface area contributed by atoms with Crippen LogP contribution in [0.2, 0.25) is 0 Å². The molecule has 0 N–H and O–H groups in total. The van der Waals surface area contributed by atoms with E-state index in [-0.39, 0.29) is 11.3 Å². The average molecular weight is 211 g/mol. The van der Waals surface area contributed by atoms with Crippen molar-refractivity contribution < 1.29 is 4.74 Å². The molecule has 2 heteroatoms. The SMILES string of the molecule is CO/C=C/C(C)[C@@H](Cl)c1ccccc1. The zero-order valence-corrected chi connectivity index (χ0v) is 9.24. The third-order valence-corrected chi connectivity index (χ3v) is 2.75. The van der Waals surface area contributed by atoms with E-state index in [2.05, 4.69) is 6.92 Å². The summed E-state index contributed by atoms with van der Waals surface area (Å²) < 4.78 is 4.86. The molecule has 1 nitrogen and oxygen atoms in total. The van der Waals surface area contributed by atoms with Crippen LogP contribution in [0.15, 0.2) is 42.7 Å². The van der Waals surface area contributed by atoms with Gasteiger partial charge >= 0.3 is 0 Å². The first-order chi connectivity index (χ1) is 6.75. The van der Waals surface area contributed by atoms with Crippen molar-refractivity contribution in [2.24, 2.45) is 5.92 Å². The Bertz CT molecular complexity index is 282. The number of benzene rings is 1.